The summed E-state index contributed by atoms with van der Waals surface area (Å²) in [7, 11) is 0. The predicted octanol–water partition coefficient (Wildman–Crippen LogP) is 6.70. The molecule has 0 atom stereocenters. The van der Waals surface area contributed by atoms with E-state index in [2.05, 4.69) is 20.9 Å². The lowest BCUT2D eigenvalue weighted by Gasteiger charge is -2.04. The molecular weight excluding hydrogens is 418 g/mol. The zero-order chi connectivity index (χ0) is 16.6. The Balaban J connectivity index is 1.96. The van der Waals surface area contributed by atoms with Crippen LogP contribution < -0.4 is 0 Å². The molecule has 1 N–H and O–H groups in total. The van der Waals surface area contributed by atoms with Crippen molar-refractivity contribution in [1.29, 1.82) is 0 Å². The van der Waals surface area contributed by atoms with Crippen molar-refractivity contribution in [3.8, 4) is 11.3 Å². The van der Waals surface area contributed by atoms with Crippen LogP contribution in [0.3, 0.4) is 0 Å². The normalized spacial score (nSPS) is 11.0. The summed E-state index contributed by atoms with van der Waals surface area (Å²) in [6.45, 7) is 1.98. The third kappa shape index (κ3) is 3.58. The number of nitrogens with one attached hydrogen (secondary N) is 1. The summed E-state index contributed by atoms with van der Waals surface area (Å²) in [4.78, 5) is 8.01. The van der Waals surface area contributed by atoms with Gasteiger partial charge in [-0.15, -0.1) is 0 Å². The Kier molecular flexibility index (Phi) is 5.02. The number of hydrogen-bond acceptors (Lipinski definition) is 1. The molecular formula is C17H12BrCl3N2. The van der Waals surface area contributed by atoms with Crippen LogP contribution in [0.1, 0.15) is 17.1 Å². The standard InChI is InChI=1S/C17H12BrCl3N2/c1-9-17(10-5-6-14(20)15(21)7-10)23-16(22-9)8-11-12(18)3-2-4-13(11)19/h2-7H,8H2,1H3,(H,22,23). The van der Waals surface area contributed by atoms with E-state index in [0.717, 1.165) is 32.8 Å². The van der Waals surface area contributed by atoms with E-state index in [4.69, 9.17) is 39.8 Å². The smallest absolute Gasteiger partial charge is 0.111 e. The van der Waals surface area contributed by atoms with Crippen LogP contribution in [-0.2, 0) is 6.42 Å². The molecule has 3 aromatic rings. The number of H-pyrrole nitrogens is 1. The molecule has 2 nitrogen and oxygen atoms in total. The molecule has 0 bridgehead atoms. The van der Waals surface area contributed by atoms with E-state index in [9.17, 15) is 0 Å². The van der Waals surface area contributed by atoms with Crippen LogP contribution in [0.15, 0.2) is 40.9 Å². The van der Waals surface area contributed by atoms with Gasteiger partial charge in [0.15, 0.2) is 0 Å². The highest BCUT2D eigenvalue weighted by Gasteiger charge is 2.13. The Morgan fingerprint density at radius 3 is 2.52 bits per heavy atom. The summed E-state index contributed by atoms with van der Waals surface area (Å²) < 4.78 is 0.968. The average Bonchev–Trinajstić information content (AvgIpc) is 2.87. The average molecular weight is 431 g/mol. The van der Waals surface area contributed by atoms with Gasteiger partial charge in [0.1, 0.15) is 5.82 Å². The molecule has 23 heavy (non-hydrogen) atoms. The minimum atomic E-state index is 0.516. The van der Waals surface area contributed by atoms with Crippen LogP contribution in [0.2, 0.25) is 15.1 Å². The molecule has 1 heterocycles. The Hall–Kier alpha value is -1.000. The molecule has 0 saturated carbocycles. The number of hydrogen-bond donors (Lipinski definition) is 1. The van der Waals surface area contributed by atoms with Gasteiger partial charge in [-0.25, -0.2) is 4.98 Å². The first-order valence-corrected chi connectivity index (χ1v) is 8.82. The summed E-state index contributed by atoms with van der Waals surface area (Å²) in [6, 6.07) is 11.3. The number of nitrogens with zero attached hydrogens (tertiary/aromatic N) is 1. The second-order valence-electron chi connectivity index (χ2n) is 5.16. The van der Waals surface area contributed by atoms with Crippen LogP contribution in [0.4, 0.5) is 0 Å². The van der Waals surface area contributed by atoms with Crippen molar-refractivity contribution < 1.29 is 0 Å². The number of halogens is 4. The van der Waals surface area contributed by atoms with E-state index in [1.807, 2.05) is 37.3 Å². The van der Waals surface area contributed by atoms with Crippen LogP contribution in [0, 0.1) is 6.92 Å². The maximum Gasteiger partial charge on any atom is 0.111 e. The molecule has 0 amide bonds. The minimum absolute atomic E-state index is 0.516. The Morgan fingerprint density at radius 1 is 1.04 bits per heavy atom. The Morgan fingerprint density at radius 2 is 1.83 bits per heavy atom. The first-order valence-electron chi connectivity index (χ1n) is 6.89. The van der Waals surface area contributed by atoms with Gasteiger partial charge >= 0.3 is 0 Å². The summed E-state index contributed by atoms with van der Waals surface area (Å²) in [6.07, 6.45) is 0.614. The van der Waals surface area contributed by atoms with E-state index in [0.29, 0.717) is 21.5 Å². The highest BCUT2D eigenvalue weighted by Crippen LogP contribution is 2.31. The zero-order valence-corrected chi connectivity index (χ0v) is 16.0. The number of aromatic amines is 1. The number of aryl methyl sites for hydroxylation is 1. The van der Waals surface area contributed by atoms with Crippen molar-refractivity contribution in [3.05, 3.63) is 73.0 Å². The quantitative estimate of drug-likeness (QED) is 0.492. The second kappa shape index (κ2) is 6.86. The summed E-state index contributed by atoms with van der Waals surface area (Å²) in [5.74, 6) is 0.845. The maximum atomic E-state index is 6.28. The van der Waals surface area contributed by atoms with E-state index in [1.54, 1.807) is 6.07 Å². The molecule has 0 saturated heterocycles. The number of benzene rings is 2. The highest BCUT2D eigenvalue weighted by molar-refractivity contribution is 9.10. The third-order valence-corrected chi connectivity index (χ3v) is 5.37. The molecule has 1 aromatic heterocycles. The molecule has 0 aliphatic rings. The monoisotopic (exact) mass is 428 g/mol. The second-order valence-corrected chi connectivity index (χ2v) is 7.24. The van der Waals surface area contributed by atoms with Crippen LogP contribution in [-0.4, -0.2) is 9.97 Å². The first kappa shape index (κ1) is 16.8. The maximum absolute atomic E-state index is 6.28. The van der Waals surface area contributed by atoms with Crippen molar-refractivity contribution in [2.45, 2.75) is 13.3 Å². The predicted molar refractivity (Wildman–Crippen MR) is 101 cm³/mol. The van der Waals surface area contributed by atoms with Gasteiger partial charge < -0.3 is 4.98 Å². The molecule has 0 radical (unpaired) electrons. The zero-order valence-electron chi connectivity index (χ0n) is 12.1. The molecule has 118 valence electrons. The van der Waals surface area contributed by atoms with E-state index in [-0.39, 0.29) is 0 Å². The molecule has 3 rings (SSSR count). The van der Waals surface area contributed by atoms with Crippen molar-refractivity contribution in [2.24, 2.45) is 0 Å². The SMILES string of the molecule is Cc1[nH]c(Cc2c(Cl)cccc2Br)nc1-c1ccc(Cl)c(Cl)c1. The van der Waals surface area contributed by atoms with Gasteiger partial charge in [0.05, 0.1) is 15.7 Å². The van der Waals surface area contributed by atoms with Gasteiger partial charge in [-0.1, -0.05) is 62.9 Å². The highest BCUT2D eigenvalue weighted by atomic mass is 79.9. The van der Waals surface area contributed by atoms with Crippen molar-refractivity contribution in [3.63, 3.8) is 0 Å². The Bertz CT molecular complexity index is 854. The first-order chi connectivity index (χ1) is 11.0. The minimum Gasteiger partial charge on any atom is -0.345 e. The molecule has 0 fully saturated rings. The molecule has 6 heteroatoms. The lowest BCUT2D eigenvalue weighted by molar-refractivity contribution is 1.01. The number of aromatic nitrogens is 2. The summed E-state index contributed by atoms with van der Waals surface area (Å²) >= 11 is 21.9. The van der Waals surface area contributed by atoms with E-state index in [1.165, 1.54) is 0 Å². The fraction of sp³-hybridized carbons (Fsp3) is 0.118. The van der Waals surface area contributed by atoms with E-state index >= 15 is 0 Å². The van der Waals surface area contributed by atoms with Gasteiger partial charge in [0.25, 0.3) is 0 Å². The van der Waals surface area contributed by atoms with Gasteiger partial charge in [-0.2, -0.15) is 0 Å². The van der Waals surface area contributed by atoms with Gasteiger partial charge in [-0.05, 0) is 36.8 Å². The molecule has 0 spiro atoms. The lowest BCUT2D eigenvalue weighted by atomic mass is 10.1. The van der Waals surface area contributed by atoms with Gasteiger partial charge in [0, 0.05) is 27.2 Å². The van der Waals surface area contributed by atoms with Crippen molar-refractivity contribution in [1.82, 2.24) is 9.97 Å². The van der Waals surface area contributed by atoms with Gasteiger partial charge in [-0.3, -0.25) is 0 Å². The summed E-state index contributed by atoms with van der Waals surface area (Å²) in [5.41, 5.74) is 3.77. The van der Waals surface area contributed by atoms with Crippen LogP contribution in [0.25, 0.3) is 11.3 Å². The topological polar surface area (TPSA) is 28.7 Å². The molecule has 0 aliphatic heterocycles. The Labute approximate surface area is 157 Å². The fourth-order valence-corrected chi connectivity index (χ4v) is 3.56. The van der Waals surface area contributed by atoms with Crippen molar-refractivity contribution in [2.75, 3.05) is 0 Å². The third-order valence-electron chi connectivity index (χ3n) is 3.53. The molecule has 0 unspecified atom stereocenters. The van der Waals surface area contributed by atoms with Crippen LogP contribution in [0.5, 0.6) is 0 Å². The molecule has 0 aliphatic carbocycles. The van der Waals surface area contributed by atoms with Crippen molar-refractivity contribution >= 4 is 50.7 Å². The largest absolute Gasteiger partial charge is 0.345 e. The fourth-order valence-electron chi connectivity index (χ4n) is 2.40. The van der Waals surface area contributed by atoms with E-state index < -0.39 is 0 Å². The van der Waals surface area contributed by atoms with Crippen LogP contribution >= 0.6 is 50.7 Å². The molecule has 2 aromatic carbocycles. The summed E-state index contributed by atoms with van der Waals surface area (Å²) in [5, 5.41) is 1.76. The number of imidazole rings is 1. The number of rotatable bonds is 3. The lowest BCUT2D eigenvalue weighted by Crippen LogP contribution is -1.93. The van der Waals surface area contributed by atoms with Gasteiger partial charge in [0.2, 0.25) is 0 Å².